The van der Waals surface area contributed by atoms with E-state index in [1.54, 1.807) is 24.3 Å². The number of ether oxygens (including phenoxy) is 2. The van der Waals surface area contributed by atoms with E-state index in [0.29, 0.717) is 134 Å². The molecule has 0 spiro atoms. The Hall–Kier alpha value is -10.5. The molecule has 1 atom stereocenters. The average Bonchev–Trinajstić information content (AvgIpc) is 1.61. The molecular weight excluding hydrogens is 1720 g/mol. The molecule has 5 saturated carbocycles. The molecule has 0 bridgehead atoms. The fourth-order valence-electron chi connectivity index (χ4n) is 18.3. The van der Waals surface area contributed by atoms with Gasteiger partial charge in [0.25, 0.3) is 0 Å². The van der Waals surface area contributed by atoms with Crippen LogP contribution in [0.3, 0.4) is 0 Å². The first-order valence-corrected chi connectivity index (χ1v) is 50.5. The van der Waals surface area contributed by atoms with Crippen LogP contribution in [0.25, 0.3) is 88.6 Å². The van der Waals surface area contributed by atoms with Gasteiger partial charge in [-0.2, -0.15) is 0 Å². The number of aryl methyl sites for hydroxylation is 8. The van der Waals surface area contributed by atoms with E-state index in [0.717, 1.165) is 224 Å². The maximum Gasteiger partial charge on any atom is 0.243 e. The van der Waals surface area contributed by atoms with Gasteiger partial charge in [-0.25, -0.2) is 72.5 Å². The van der Waals surface area contributed by atoms with Crippen molar-refractivity contribution in [2.24, 2.45) is 0 Å². The first-order chi connectivity index (χ1) is 61.6. The highest BCUT2D eigenvalue weighted by Crippen LogP contribution is 2.41. The third-order valence-corrected chi connectivity index (χ3v) is 31.1. The number of hydrogen-bond acceptors (Lipinski definition) is 27. The number of fused-ring (bicyclic) bond motifs is 4. The number of imidazole rings is 4. The zero-order chi connectivity index (χ0) is 89.2. The zero-order valence-electron chi connectivity index (χ0n) is 73.3. The Morgan fingerprint density at radius 2 is 0.711 bits per heavy atom. The second-order valence-corrected chi connectivity index (χ2v) is 41.4. The molecule has 20 rings (SSSR count). The van der Waals surface area contributed by atoms with Gasteiger partial charge in [0, 0.05) is 98.3 Å². The minimum atomic E-state index is -3.77. The molecule has 39 heteroatoms. The zero-order valence-corrected chi connectivity index (χ0v) is 76.6. The molecule has 10 heterocycles. The molecule has 0 amide bonds. The molecule has 35 nitrogen and oxygen atoms in total. The second-order valence-electron chi connectivity index (χ2n) is 34.7. The summed E-state index contributed by atoms with van der Waals surface area (Å²) >= 11 is 0. The first kappa shape index (κ1) is 89.5. The van der Waals surface area contributed by atoms with Crippen LogP contribution >= 0.6 is 0 Å². The van der Waals surface area contributed by atoms with Gasteiger partial charge in [0.1, 0.15) is 64.7 Å². The van der Waals surface area contributed by atoms with Crippen molar-refractivity contribution in [1.82, 2.24) is 84.3 Å². The summed E-state index contributed by atoms with van der Waals surface area (Å²) in [6, 6.07) is 24.6. The number of benzene rings is 5. The van der Waals surface area contributed by atoms with Gasteiger partial charge in [0.05, 0.1) is 64.2 Å². The smallest absolute Gasteiger partial charge is 0.243 e. The van der Waals surface area contributed by atoms with Gasteiger partial charge >= 0.3 is 0 Å². The highest BCUT2D eigenvalue weighted by Gasteiger charge is 2.35. The van der Waals surface area contributed by atoms with Crippen molar-refractivity contribution in [1.29, 1.82) is 0 Å². The molecule has 12 N–H and O–H groups in total. The van der Waals surface area contributed by atoms with Crippen LogP contribution in [0.4, 0.5) is 23.8 Å². The fraction of sp³-hybridized carbons (Fsp3) is 0.483. The predicted molar refractivity (Wildman–Crippen MR) is 488 cm³/mol. The predicted octanol–water partition coefficient (Wildman–Crippen LogP) is 14.7. The number of aromatic nitrogens is 12. The van der Waals surface area contributed by atoms with Crippen LogP contribution < -0.4 is 40.2 Å². The van der Waals surface area contributed by atoms with Crippen molar-refractivity contribution in [3.05, 3.63) is 130 Å². The SMILES string of the molecule is Cc1noc(C)c1-c1cc(S(=O)(=O)NC2CCCC2)c2nc(NC3CC3)[nH]c2c1.Cc1noc(C)c1-c1cc(S(=O)(=O)NC2CCCC2)c2nc(NCC3CCCO3)[nH]c2c1.Cc1noc(C)c1-c1cc(S(=O)(=O)NC2CCCC2)c2nc(NCCN3CCOCC3)[nH]c2c1.Cc1noc(C)c1-c1cc(S(=O)(=O)NC2CCCC2)c2nc(NCc3ccccc3)[nH]c2c1. The van der Waals surface area contributed by atoms with Gasteiger partial charge in [0.2, 0.25) is 63.9 Å². The van der Waals surface area contributed by atoms with Gasteiger partial charge in [-0.3, -0.25) is 4.90 Å². The quantitative estimate of drug-likeness (QED) is 0.0217. The minimum absolute atomic E-state index is 0.0132. The Bertz CT molecular complexity index is 6540. The summed E-state index contributed by atoms with van der Waals surface area (Å²) in [6.07, 6.45) is 19.7. The van der Waals surface area contributed by atoms with E-state index in [4.69, 9.17) is 27.6 Å². The Balaban J connectivity index is 0.000000120. The summed E-state index contributed by atoms with van der Waals surface area (Å²) in [5.41, 5.74) is 14.4. The van der Waals surface area contributed by atoms with E-state index in [1.165, 1.54) is 0 Å². The Kier molecular flexibility index (Phi) is 26.8. The monoisotopic (exact) mass is 1830 g/mol. The largest absolute Gasteiger partial charge is 0.379 e. The van der Waals surface area contributed by atoms with E-state index in [-0.39, 0.29) is 49.9 Å². The number of nitrogens with one attached hydrogen (secondary N) is 12. The van der Waals surface area contributed by atoms with Gasteiger partial charge in [-0.05, 0) is 209 Å². The van der Waals surface area contributed by atoms with Crippen molar-refractivity contribution < 1.29 is 61.2 Å². The number of sulfonamides is 4. The Morgan fingerprint density at radius 1 is 0.375 bits per heavy atom. The van der Waals surface area contributed by atoms with E-state index in [9.17, 15) is 33.7 Å². The normalized spacial score (nSPS) is 17.7. The molecule has 7 aliphatic rings. The van der Waals surface area contributed by atoms with Crippen molar-refractivity contribution in [2.45, 2.75) is 246 Å². The second kappa shape index (κ2) is 38.3. The van der Waals surface area contributed by atoms with Crippen LogP contribution in [0.1, 0.15) is 180 Å². The summed E-state index contributed by atoms with van der Waals surface area (Å²) in [5.74, 6) is 4.79. The van der Waals surface area contributed by atoms with Gasteiger partial charge in [0.15, 0.2) is 0 Å². The molecule has 682 valence electrons. The van der Waals surface area contributed by atoms with Gasteiger partial charge in [-0.15, -0.1) is 0 Å². The van der Waals surface area contributed by atoms with Gasteiger partial charge in [-0.1, -0.05) is 102 Å². The summed E-state index contributed by atoms with van der Waals surface area (Å²) in [7, 11) is -15.0. The molecule has 2 saturated heterocycles. The molecule has 0 radical (unpaired) electrons. The Labute approximate surface area is 743 Å². The minimum Gasteiger partial charge on any atom is -0.379 e. The molecule has 5 aromatic carbocycles. The lowest BCUT2D eigenvalue weighted by Gasteiger charge is -2.26. The Morgan fingerprint density at radius 3 is 1.04 bits per heavy atom. The molecule has 5 aliphatic carbocycles. The average molecular weight is 1830 g/mol. The van der Waals surface area contributed by atoms with Crippen molar-refractivity contribution in [3.8, 4) is 44.5 Å². The number of aromatic amines is 4. The van der Waals surface area contributed by atoms with E-state index >= 15 is 0 Å². The van der Waals surface area contributed by atoms with E-state index < -0.39 is 40.1 Å². The maximum absolute atomic E-state index is 13.5. The molecule has 2 aliphatic heterocycles. The lowest BCUT2D eigenvalue weighted by atomic mass is 10.0. The van der Waals surface area contributed by atoms with Crippen LogP contribution in [0, 0.1) is 55.4 Å². The van der Waals surface area contributed by atoms with Crippen molar-refractivity contribution >= 4 is 108 Å². The van der Waals surface area contributed by atoms with Crippen LogP contribution in [0.5, 0.6) is 0 Å². The number of rotatable bonds is 28. The van der Waals surface area contributed by atoms with Gasteiger partial charge < -0.3 is 68.8 Å². The fourth-order valence-corrected chi connectivity index (χ4v) is 24.3. The lowest BCUT2D eigenvalue weighted by Crippen LogP contribution is -2.39. The van der Waals surface area contributed by atoms with Crippen LogP contribution in [0.2, 0.25) is 0 Å². The van der Waals surface area contributed by atoms with E-state index in [2.05, 4.69) is 106 Å². The topological polar surface area (TPSA) is 473 Å². The number of morpholine rings is 1. The number of nitrogens with zero attached hydrogens (tertiary/aromatic N) is 9. The highest BCUT2D eigenvalue weighted by atomic mass is 32.2. The van der Waals surface area contributed by atoms with Crippen molar-refractivity contribution in [2.75, 3.05) is 73.8 Å². The number of hydrogen-bond donors (Lipinski definition) is 12. The number of anilines is 4. The molecular formula is C89H113N21O14S4. The highest BCUT2D eigenvalue weighted by molar-refractivity contribution is 7.90. The van der Waals surface area contributed by atoms with Crippen molar-refractivity contribution in [3.63, 3.8) is 0 Å². The molecule has 1 unspecified atom stereocenters. The molecule has 8 aromatic heterocycles. The third kappa shape index (κ3) is 20.6. The summed E-state index contributed by atoms with van der Waals surface area (Å²) < 4.78 is 151. The third-order valence-electron chi connectivity index (χ3n) is 24.9. The summed E-state index contributed by atoms with van der Waals surface area (Å²) in [5, 5.41) is 29.3. The van der Waals surface area contributed by atoms with Crippen LogP contribution in [-0.4, -0.2) is 188 Å². The molecule has 128 heavy (non-hydrogen) atoms. The maximum atomic E-state index is 13.5. The van der Waals surface area contributed by atoms with E-state index in [1.807, 2.05) is 110 Å². The molecule has 13 aromatic rings. The summed E-state index contributed by atoms with van der Waals surface area (Å²) in [4.78, 5) is 34.5. The first-order valence-electron chi connectivity index (χ1n) is 44.5. The lowest BCUT2D eigenvalue weighted by molar-refractivity contribution is 0.0398. The number of H-pyrrole nitrogens is 4. The summed E-state index contributed by atoms with van der Waals surface area (Å²) in [6.45, 7) is 21.6. The molecule has 7 fully saturated rings. The standard InChI is InChI=1S/C24H27N5O3S.C23H32N6O4S.C22H29N5O4S.C20H25N5O3S/c1-15-22(16(2)32-28-15)18-12-20-23(21(13-18)33(30,31)29-19-10-6-7-11-19)27-24(26-20)25-14-17-8-4-3-5-9-17;1-15-21(16(2)33-27-15)17-13-19-22(20(14-17)34(30,31)28-18-5-3-4-6-18)26-23(25-19)24-7-8-29-9-11-32-12-10-29;1-13-20(14(2)31-26-13)15-10-18-21(25-22(24-18)23-12-17-8-5-9-30-17)19(11-15)32(28,29)27-16-6-3-4-7-16;1-11-18(12(2)28-24-11)13-9-16-19(23-20(22-16)21-14-7-8-14)17(10-13)29(26,27)25-15-5-3-4-6-15/h3-5,8-9,12-13,19,29H,6-7,10-11,14H2,1-2H3,(H2,25,26,27);13-14,18,28H,3-12H2,1-2H3,(H2,24,25,26);10-11,16-17,27H,3-9,12H2,1-2H3,(H2,23,24,25);9-10,14-15,25H,3-8H2,1-2H3,(H2,21,22,23). The van der Waals surface area contributed by atoms with Crippen LogP contribution in [-0.2, 0) is 56.1 Å². The van der Waals surface area contributed by atoms with Crippen LogP contribution in [0.15, 0.2) is 117 Å².